The van der Waals surface area contributed by atoms with E-state index >= 15 is 0 Å². The number of hydrogen-bond acceptors (Lipinski definition) is 3. The number of ether oxygens (including phenoxy) is 1. The summed E-state index contributed by atoms with van der Waals surface area (Å²) < 4.78 is 47.6. The van der Waals surface area contributed by atoms with Gasteiger partial charge in [-0.05, 0) is 36.4 Å². The van der Waals surface area contributed by atoms with Gasteiger partial charge in [-0.25, -0.2) is 4.98 Å². The zero-order valence-corrected chi connectivity index (χ0v) is 21.8. The minimum atomic E-state index is -4.56. The number of amides is 1. The summed E-state index contributed by atoms with van der Waals surface area (Å²) in [4.78, 5) is 19.9. The van der Waals surface area contributed by atoms with Crippen molar-refractivity contribution >= 4 is 36.6 Å². The summed E-state index contributed by atoms with van der Waals surface area (Å²) in [6, 6.07) is 9.24. The highest BCUT2D eigenvalue weighted by Crippen LogP contribution is 2.40. The van der Waals surface area contributed by atoms with E-state index in [1.807, 2.05) is 6.07 Å². The molecule has 3 heterocycles. The lowest BCUT2D eigenvalue weighted by molar-refractivity contribution is -0.137. The van der Waals surface area contributed by atoms with Crippen molar-refractivity contribution in [3.8, 4) is 22.5 Å². The van der Waals surface area contributed by atoms with Crippen molar-refractivity contribution in [3.05, 3.63) is 64.9 Å². The van der Waals surface area contributed by atoms with E-state index in [4.69, 9.17) is 22.1 Å². The summed E-state index contributed by atoms with van der Waals surface area (Å²) in [5, 5.41) is 0.654. The van der Waals surface area contributed by atoms with Crippen LogP contribution in [0.4, 0.5) is 13.2 Å². The number of nitrogens with zero attached hydrogens (tertiary/aromatic N) is 2. The molecule has 0 bridgehead atoms. The second-order valence-electron chi connectivity index (χ2n) is 9.72. The van der Waals surface area contributed by atoms with Gasteiger partial charge in [-0.2, -0.15) is 13.2 Å². The van der Waals surface area contributed by atoms with Crippen molar-refractivity contribution in [3.63, 3.8) is 0 Å². The molecule has 11 heteroatoms. The van der Waals surface area contributed by atoms with Crippen LogP contribution in [0, 0.1) is 0 Å². The molecule has 0 radical (unpaired) electrons. The van der Waals surface area contributed by atoms with Gasteiger partial charge in [-0.1, -0.05) is 37.3 Å². The molecule has 0 aliphatic heterocycles. The average molecular weight is 535 g/mol. The van der Waals surface area contributed by atoms with Crippen molar-refractivity contribution in [1.82, 2.24) is 14.5 Å². The number of primary amides is 1. The highest BCUT2D eigenvalue weighted by molar-refractivity contribution is 6.76. The molecule has 1 amide bonds. The van der Waals surface area contributed by atoms with Gasteiger partial charge < -0.3 is 20.0 Å². The fourth-order valence-corrected chi connectivity index (χ4v) is 5.01. The monoisotopic (exact) mass is 534 g/mol. The van der Waals surface area contributed by atoms with E-state index in [9.17, 15) is 18.0 Å². The Morgan fingerprint density at radius 3 is 2.56 bits per heavy atom. The summed E-state index contributed by atoms with van der Waals surface area (Å²) in [7, 11) is -1.37. The minimum Gasteiger partial charge on any atom is -0.366 e. The topological polar surface area (TPSA) is 85.9 Å². The molecule has 0 aliphatic rings. The lowest BCUT2D eigenvalue weighted by Gasteiger charge is -2.19. The van der Waals surface area contributed by atoms with Crippen molar-refractivity contribution in [2.45, 2.75) is 38.6 Å². The highest BCUT2D eigenvalue weighted by Gasteiger charge is 2.32. The second kappa shape index (κ2) is 9.76. The molecular weight excluding hydrogens is 509 g/mol. The van der Waals surface area contributed by atoms with Crippen LogP contribution < -0.4 is 5.73 Å². The second-order valence-corrected chi connectivity index (χ2v) is 15.8. The van der Waals surface area contributed by atoms with Crippen LogP contribution >= 0.6 is 11.6 Å². The van der Waals surface area contributed by atoms with E-state index in [0.717, 1.165) is 29.1 Å². The third-order valence-electron chi connectivity index (χ3n) is 5.87. The number of pyridine rings is 1. The van der Waals surface area contributed by atoms with Gasteiger partial charge in [0.25, 0.3) is 5.91 Å². The van der Waals surface area contributed by atoms with Crippen LogP contribution in [0.2, 0.25) is 30.7 Å². The Labute approximate surface area is 212 Å². The molecule has 0 unspecified atom stereocenters. The number of nitrogens with two attached hydrogens (primary N) is 1. The van der Waals surface area contributed by atoms with Gasteiger partial charge in [0.1, 0.15) is 12.4 Å². The standard InChI is InChI=1S/C25H26ClF3N4O2Si/c1-36(2,3)11-10-35-14-33-21(16-6-8-31-24-17(16)7-9-32-24)13-19(23(30)34)22(33)18-5-4-15(12-20(18)26)25(27,28)29/h4-9,12-13H,10-11,14H2,1-3H3,(H2,30,34)(H,31,32). The third kappa shape index (κ3) is 5.35. The van der Waals surface area contributed by atoms with Crippen molar-refractivity contribution in [1.29, 1.82) is 0 Å². The number of rotatable bonds is 8. The molecule has 0 spiro atoms. The maximum atomic E-state index is 13.3. The predicted molar refractivity (Wildman–Crippen MR) is 138 cm³/mol. The molecule has 36 heavy (non-hydrogen) atoms. The molecule has 0 aliphatic carbocycles. The quantitative estimate of drug-likeness (QED) is 0.193. The molecule has 190 valence electrons. The van der Waals surface area contributed by atoms with Crippen molar-refractivity contribution in [2.24, 2.45) is 5.73 Å². The van der Waals surface area contributed by atoms with Gasteiger partial charge in [0.2, 0.25) is 0 Å². The Hall–Kier alpha value is -3.08. The minimum absolute atomic E-state index is 0.0496. The zero-order valence-electron chi connectivity index (χ0n) is 20.0. The van der Waals surface area contributed by atoms with Gasteiger partial charge >= 0.3 is 6.18 Å². The molecule has 3 aromatic heterocycles. The Balaban J connectivity index is 1.91. The molecule has 4 aromatic rings. The van der Waals surface area contributed by atoms with Gasteiger partial charge in [-0.15, -0.1) is 0 Å². The molecular formula is C25H26ClF3N4O2Si. The Kier molecular flexibility index (Phi) is 7.05. The van der Waals surface area contributed by atoms with Crippen LogP contribution in [0.15, 0.2) is 48.8 Å². The fourth-order valence-electron chi connectivity index (χ4n) is 3.99. The lowest BCUT2D eigenvalue weighted by atomic mass is 10.0. The Morgan fingerprint density at radius 1 is 1.17 bits per heavy atom. The van der Waals surface area contributed by atoms with Crippen LogP contribution in [-0.2, 0) is 17.6 Å². The van der Waals surface area contributed by atoms with Crippen molar-refractivity contribution in [2.75, 3.05) is 6.61 Å². The maximum absolute atomic E-state index is 13.3. The third-order valence-corrected chi connectivity index (χ3v) is 7.88. The number of benzene rings is 1. The summed E-state index contributed by atoms with van der Waals surface area (Å²) in [6.45, 7) is 7.24. The summed E-state index contributed by atoms with van der Waals surface area (Å²) >= 11 is 6.36. The molecule has 6 nitrogen and oxygen atoms in total. The number of hydrogen-bond donors (Lipinski definition) is 2. The number of H-pyrrole nitrogens is 1. The molecule has 0 atom stereocenters. The lowest BCUT2D eigenvalue weighted by Crippen LogP contribution is -2.22. The van der Waals surface area contributed by atoms with Gasteiger partial charge in [0.15, 0.2) is 0 Å². The van der Waals surface area contributed by atoms with E-state index in [1.165, 1.54) is 6.07 Å². The van der Waals surface area contributed by atoms with E-state index in [2.05, 4.69) is 29.6 Å². The normalized spacial score (nSPS) is 12.4. The number of carbonyl (C=O) groups is 1. The molecule has 0 saturated carbocycles. The van der Waals surface area contributed by atoms with Crippen LogP contribution in [0.1, 0.15) is 15.9 Å². The van der Waals surface area contributed by atoms with Crippen LogP contribution in [0.3, 0.4) is 0 Å². The molecule has 0 fully saturated rings. The van der Waals surface area contributed by atoms with Crippen molar-refractivity contribution < 1.29 is 22.7 Å². The number of aromatic amines is 1. The average Bonchev–Trinajstić information content (AvgIpc) is 3.40. The SMILES string of the molecule is C[Si](C)(C)CCOCn1c(-c2ccnc3[nH]ccc23)cc(C(N)=O)c1-c1ccc(C(F)(F)F)cc1Cl. The number of aromatic nitrogens is 3. The van der Waals surface area contributed by atoms with E-state index in [1.54, 1.807) is 29.1 Å². The predicted octanol–water partition coefficient (Wildman–Crippen LogP) is 6.78. The molecule has 4 rings (SSSR count). The van der Waals surface area contributed by atoms with Crippen LogP contribution in [0.25, 0.3) is 33.5 Å². The highest BCUT2D eigenvalue weighted by atomic mass is 35.5. The first-order chi connectivity index (χ1) is 16.9. The number of nitrogens with one attached hydrogen (secondary N) is 1. The van der Waals surface area contributed by atoms with E-state index < -0.39 is 25.7 Å². The molecule has 1 aromatic carbocycles. The largest absolute Gasteiger partial charge is 0.416 e. The van der Waals surface area contributed by atoms with Gasteiger partial charge in [0, 0.05) is 43.6 Å². The number of halogens is 4. The smallest absolute Gasteiger partial charge is 0.366 e. The Morgan fingerprint density at radius 2 is 1.92 bits per heavy atom. The van der Waals surface area contributed by atoms with Gasteiger partial charge in [-0.3, -0.25) is 4.79 Å². The number of fused-ring (bicyclic) bond motifs is 1. The van der Waals surface area contributed by atoms with Crippen LogP contribution in [0.5, 0.6) is 0 Å². The first-order valence-electron chi connectivity index (χ1n) is 11.3. The Bertz CT molecular complexity index is 1420. The summed E-state index contributed by atoms with van der Waals surface area (Å²) in [5.74, 6) is -0.734. The summed E-state index contributed by atoms with van der Waals surface area (Å²) in [6.07, 6.45) is -1.17. The molecule has 0 saturated heterocycles. The van der Waals surface area contributed by atoms with Crippen LogP contribution in [-0.4, -0.2) is 35.1 Å². The number of carbonyl (C=O) groups excluding carboxylic acids is 1. The number of alkyl halides is 3. The maximum Gasteiger partial charge on any atom is 0.416 e. The van der Waals surface area contributed by atoms with Gasteiger partial charge in [0.05, 0.1) is 27.5 Å². The van der Waals surface area contributed by atoms with E-state index in [0.29, 0.717) is 23.6 Å². The first-order valence-corrected chi connectivity index (χ1v) is 15.4. The zero-order chi connectivity index (χ0) is 26.3. The summed E-state index contributed by atoms with van der Waals surface area (Å²) in [5.41, 5.74) is 7.53. The molecule has 3 N–H and O–H groups in total. The van der Waals surface area contributed by atoms with E-state index in [-0.39, 0.29) is 22.9 Å². The fraction of sp³-hybridized carbons (Fsp3) is 0.280. The first kappa shape index (κ1) is 26.0.